The number of hydrogen-bond acceptors (Lipinski definition) is 9. The van der Waals surface area contributed by atoms with Gasteiger partial charge >= 0.3 is 0 Å². The minimum Gasteiger partial charge on any atom is -0.370 e. The third kappa shape index (κ3) is 5.49. The van der Waals surface area contributed by atoms with Crippen molar-refractivity contribution in [3.05, 3.63) is 54.6 Å². The Hall–Kier alpha value is -3.18. The molecule has 0 spiro atoms. The second-order valence-electron chi connectivity index (χ2n) is 10.6. The molecule has 38 heavy (non-hydrogen) atoms. The van der Waals surface area contributed by atoms with Crippen LogP contribution in [0.15, 0.2) is 49.1 Å². The monoisotopic (exact) mass is 549 g/mol. The Labute approximate surface area is 227 Å². The zero-order chi connectivity index (χ0) is 26.4. The average molecular weight is 550 g/mol. The second kappa shape index (κ2) is 9.85. The number of aromatic nitrogens is 5. The molecule has 1 N–H and O–H groups in total. The smallest absolute Gasteiger partial charge is 0.164 e. The maximum Gasteiger partial charge on any atom is 0.164 e. The number of nitrogens with one attached hydrogen (secondary N) is 1. The summed E-state index contributed by atoms with van der Waals surface area (Å²) in [7, 11) is -2.97. The van der Waals surface area contributed by atoms with Crippen molar-refractivity contribution in [2.24, 2.45) is 5.92 Å². The third-order valence-electron chi connectivity index (χ3n) is 6.88. The van der Waals surface area contributed by atoms with Crippen LogP contribution in [-0.2, 0) is 9.84 Å². The lowest BCUT2D eigenvalue weighted by Crippen LogP contribution is -2.49. The first-order valence-corrected chi connectivity index (χ1v) is 15.8. The number of rotatable bonds is 9. The first-order valence-electron chi connectivity index (χ1n) is 12.9. The summed E-state index contributed by atoms with van der Waals surface area (Å²) in [5, 5.41) is 10.7. The van der Waals surface area contributed by atoms with E-state index in [9.17, 15) is 8.42 Å². The van der Waals surface area contributed by atoms with Crippen LogP contribution in [0.2, 0.25) is 0 Å². The van der Waals surface area contributed by atoms with E-state index in [2.05, 4.69) is 52.3 Å². The average Bonchev–Trinajstić information content (AvgIpc) is 3.54. The van der Waals surface area contributed by atoms with Crippen LogP contribution in [0.25, 0.3) is 22.2 Å². The minimum atomic E-state index is -2.97. The number of pyridine rings is 1. The Morgan fingerprint density at radius 2 is 1.89 bits per heavy atom. The van der Waals surface area contributed by atoms with Crippen molar-refractivity contribution in [2.75, 3.05) is 35.3 Å². The quantitative estimate of drug-likeness (QED) is 0.312. The van der Waals surface area contributed by atoms with E-state index in [0.29, 0.717) is 28.6 Å². The van der Waals surface area contributed by atoms with Gasteiger partial charge in [0.15, 0.2) is 5.82 Å². The summed E-state index contributed by atoms with van der Waals surface area (Å²) in [5.74, 6) is 2.73. The summed E-state index contributed by atoms with van der Waals surface area (Å²) < 4.78 is 25.3. The van der Waals surface area contributed by atoms with Gasteiger partial charge in [0, 0.05) is 60.2 Å². The van der Waals surface area contributed by atoms with E-state index in [4.69, 9.17) is 9.97 Å². The highest BCUT2D eigenvalue weighted by Gasteiger charge is 2.31. The molecule has 0 atom stereocenters. The predicted octanol–water partition coefficient (Wildman–Crippen LogP) is 4.89. The van der Waals surface area contributed by atoms with Crippen molar-refractivity contribution >= 4 is 49.9 Å². The molecule has 11 heteroatoms. The maximum atomic E-state index is 11.7. The van der Waals surface area contributed by atoms with E-state index in [1.165, 1.54) is 24.7 Å². The number of nitrogens with zero attached hydrogens (tertiary/aromatic N) is 6. The fraction of sp³-hybridized carbons (Fsp3) is 0.407. The summed E-state index contributed by atoms with van der Waals surface area (Å²) in [6.07, 6.45) is 11.2. The number of sulfone groups is 1. The molecule has 3 aromatic heterocycles. The molecule has 1 saturated heterocycles. The number of benzene rings is 1. The van der Waals surface area contributed by atoms with Crippen LogP contribution in [-0.4, -0.2) is 62.9 Å². The summed E-state index contributed by atoms with van der Waals surface area (Å²) >= 11 is 1.74. The van der Waals surface area contributed by atoms with Crippen LogP contribution >= 0.6 is 11.9 Å². The van der Waals surface area contributed by atoms with Gasteiger partial charge in [-0.05, 0) is 59.9 Å². The lowest BCUT2D eigenvalue weighted by atomic mass is 9.93. The second-order valence-corrected chi connectivity index (χ2v) is 14.1. The van der Waals surface area contributed by atoms with Gasteiger partial charge in [-0.25, -0.2) is 27.5 Å². The van der Waals surface area contributed by atoms with Gasteiger partial charge in [0.2, 0.25) is 0 Å². The van der Waals surface area contributed by atoms with Crippen LogP contribution in [0.3, 0.4) is 0 Å². The highest BCUT2D eigenvalue weighted by atomic mass is 32.2. The van der Waals surface area contributed by atoms with Crippen molar-refractivity contribution in [2.45, 2.75) is 37.9 Å². The molecular weight excluding hydrogens is 518 g/mol. The summed E-state index contributed by atoms with van der Waals surface area (Å²) in [6, 6.07) is 8.23. The molecular formula is C27H31N7O2S2. The maximum absolute atomic E-state index is 11.7. The Kier molecular flexibility index (Phi) is 6.51. The van der Waals surface area contributed by atoms with E-state index in [-0.39, 0.29) is 11.7 Å². The van der Waals surface area contributed by atoms with Gasteiger partial charge in [0.25, 0.3) is 0 Å². The SMILES string of the molecule is CC(C)c1ccc(N2CC(CS(C)(=O)=O)C2)c2cnc(Nc3ccnc(-c4cnn(SC5CC5)c4)n3)cc12. The fourth-order valence-corrected chi connectivity index (χ4v) is 6.89. The molecule has 2 fully saturated rings. The van der Waals surface area contributed by atoms with Crippen LogP contribution in [0.5, 0.6) is 0 Å². The summed E-state index contributed by atoms with van der Waals surface area (Å²) in [4.78, 5) is 16.1. The standard InChI is InChI=1S/C27H31N7O2S2/c1-17(2)21-6-7-24(33-13-18(14-33)16-38(3,35)36)23-12-29-26(10-22(21)23)31-25-8-9-28-27(32-25)19-11-30-34(15-19)37-20-4-5-20/h6-12,15,17-18,20H,4-5,13-14,16H2,1-3H3,(H,28,29,31,32). The first kappa shape index (κ1) is 25.1. The normalized spacial score (nSPS) is 16.3. The molecule has 2 aliphatic rings. The van der Waals surface area contributed by atoms with E-state index < -0.39 is 9.84 Å². The molecule has 6 rings (SSSR count). The Morgan fingerprint density at radius 1 is 1.08 bits per heavy atom. The molecule has 4 heterocycles. The van der Waals surface area contributed by atoms with Gasteiger partial charge in [0.1, 0.15) is 21.5 Å². The Balaban J connectivity index is 1.25. The van der Waals surface area contributed by atoms with Crippen LogP contribution in [0.4, 0.5) is 17.3 Å². The van der Waals surface area contributed by atoms with Gasteiger partial charge in [-0.2, -0.15) is 5.10 Å². The Morgan fingerprint density at radius 3 is 2.63 bits per heavy atom. The molecule has 4 aromatic rings. The summed E-state index contributed by atoms with van der Waals surface area (Å²) in [6.45, 7) is 5.85. The lowest BCUT2D eigenvalue weighted by Gasteiger charge is -2.41. The zero-order valence-corrected chi connectivity index (χ0v) is 23.3. The molecule has 1 aromatic carbocycles. The number of hydrogen-bond donors (Lipinski definition) is 1. The van der Waals surface area contributed by atoms with E-state index in [1.54, 1.807) is 24.3 Å². The number of fused-ring (bicyclic) bond motifs is 1. The highest BCUT2D eigenvalue weighted by Crippen LogP contribution is 2.37. The minimum absolute atomic E-state index is 0.171. The largest absolute Gasteiger partial charge is 0.370 e. The topological polar surface area (TPSA) is 106 Å². The van der Waals surface area contributed by atoms with Gasteiger partial charge < -0.3 is 10.2 Å². The van der Waals surface area contributed by atoms with Crippen molar-refractivity contribution in [3.8, 4) is 11.4 Å². The zero-order valence-electron chi connectivity index (χ0n) is 21.7. The molecule has 0 bridgehead atoms. The fourth-order valence-electron chi connectivity index (χ4n) is 4.90. The van der Waals surface area contributed by atoms with Gasteiger partial charge in [0.05, 0.1) is 17.5 Å². The van der Waals surface area contributed by atoms with E-state index >= 15 is 0 Å². The molecule has 1 aliphatic heterocycles. The van der Waals surface area contributed by atoms with Gasteiger partial charge in [-0.1, -0.05) is 19.9 Å². The van der Waals surface area contributed by atoms with Crippen LogP contribution < -0.4 is 10.2 Å². The molecule has 1 aliphatic carbocycles. The van der Waals surface area contributed by atoms with Crippen LogP contribution in [0, 0.1) is 5.92 Å². The molecule has 0 unspecified atom stereocenters. The Bertz CT molecular complexity index is 1590. The predicted molar refractivity (Wildman–Crippen MR) is 154 cm³/mol. The van der Waals surface area contributed by atoms with Crippen molar-refractivity contribution in [1.29, 1.82) is 0 Å². The molecule has 9 nitrogen and oxygen atoms in total. The van der Waals surface area contributed by atoms with Crippen LogP contribution in [0.1, 0.15) is 38.2 Å². The summed E-state index contributed by atoms with van der Waals surface area (Å²) in [5.41, 5.74) is 3.22. The first-order chi connectivity index (χ1) is 18.2. The molecule has 0 radical (unpaired) electrons. The lowest BCUT2D eigenvalue weighted by molar-refractivity contribution is 0.445. The number of anilines is 3. The third-order valence-corrected chi connectivity index (χ3v) is 9.14. The van der Waals surface area contributed by atoms with Crippen molar-refractivity contribution < 1.29 is 8.42 Å². The van der Waals surface area contributed by atoms with Gasteiger partial charge in [-0.15, -0.1) is 0 Å². The van der Waals surface area contributed by atoms with E-state index in [1.807, 2.05) is 22.5 Å². The molecule has 0 amide bonds. The highest BCUT2D eigenvalue weighted by molar-refractivity contribution is 7.98. The van der Waals surface area contributed by atoms with E-state index in [0.717, 1.165) is 35.1 Å². The van der Waals surface area contributed by atoms with Gasteiger partial charge in [-0.3, -0.25) is 0 Å². The molecule has 1 saturated carbocycles. The van der Waals surface area contributed by atoms with Crippen molar-refractivity contribution in [3.63, 3.8) is 0 Å². The molecule has 198 valence electrons. The van der Waals surface area contributed by atoms with Crippen molar-refractivity contribution in [1.82, 2.24) is 24.1 Å².